The van der Waals surface area contributed by atoms with Crippen molar-refractivity contribution in [1.29, 1.82) is 5.26 Å². The molecule has 0 aromatic heterocycles. The highest BCUT2D eigenvalue weighted by Crippen LogP contribution is 2.43. The van der Waals surface area contributed by atoms with Crippen LogP contribution in [0.2, 0.25) is 0 Å². The lowest BCUT2D eigenvalue weighted by atomic mass is 9.90. The third-order valence-corrected chi connectivity index (χ3v) is 4.41. The maximum atomic E-state index is 11.0. The molecule has 2 heteroatoms. The van der Waals surface area contributed by atoms with Crippen LogP contribution >= 0.6 is 0 Å². The fraction of sp³-hybridized carbons (Fsp3) is 0. The van der Waals surface area contributed by atoms with Crippen LogP contribution in [-0.2, 0) is 0 Å². The van der Waals surface area contributed by atoms with E-state index in [0.29, 0.717) is 5.56 Å². The topological polar surface area (TPSA) is 44.0 Å². The Morgan fingerprint density at radius 1 is 0.720 bits per heavy atom. The van der Waals surface area contributed by atoms with Crippen molar-refractivity contribution in [3.8, 4) is 34.1 Å². The highest BCUT2D eigenvalue weighted by molar-refractivity contribution is 6.02. The van der Waals surface area contributed by atoms with Crippen molar-refractivity contribution in [3.05, 3.63) is 90.5 Å². The van der Waals surface area contributed by atoms with Gasteiger partial charge in [-0.15, -0.1) is 0 Å². The molecule has 0 bridgehead atoms. The van der Waals surface area contributed by atoms with Gasteiger partial charge in [-0.1, -0.05) is 66.7 Å². The molecule has 0 unspecified atom stereocenters. The molecule has 0 saturated carbocycles. The molecule has 0 radical (unpaired) electrons. The summed E-state index contributed by atoms with van der Waals surface area (Å²) in [6.45, 7) is 0. The summed E-state index contributed by atoms with van der Waals surface area (Å²) in [6.07, 6.45) is 0. The minimum absolute atomic E-state index is 0.281. The average molecular weight is 321 g/mol. The molecule has 0 spiro atoms. The van der Waals surface area contributed by atoms with Crippen LogP contribution in [0, 0.1) is 11.3 Å². The summed E-state index contributed by atoms with van der Waals surface area (Å²) in [6, 6.07) is 29.4. The van der Waals surface area contributed by atoms with Gasteiger partial charge in [-0.2, -0.15) is 5.26 Å². The van der Waals surface area contributed by atoms with Crippen LogP contribution in [0.4, 0.5) is 0 Å². The van der Waals surface area contributed by atoms with Crippen LogP contribution in [0.25, 0.3) is 33.0 Å². The van der Waals surface area contributed by atoms with Crippen molar-refractivity contribution in [2.75, 3.05) is 0 Å². The van der Waals surface area contributed by atoms with Crippen molar-refractivity contribution >= 4 is 10.8 Å². The third kappa shape index (κ3) is 2.62. The van der Waals surface area contributed by atoms with E-state index in [-0.39, 0.29) is 5.75 Å². The normalized spacial score (nSPS) is 10.5. The van der Waals surface area contributed by atoms with Crippen LogP contribution in [0.1, 0.15) is 5.56 Å². The predicted molar refractivity (Wildman–Crippen MR) is 101 cm³/mol. The Labute approximate surface area is 146 Å². The van der Waals surface area contributed by atoms with Gasteiger partial charge >= 0.3 is 0 Å². The first-order valence-electron chi connectivity index (χ1n) is 8.08. The molecule has 0 heterocycles. The van der Waals surface area contributed by atoms with E-state index in [1.54, 1.807) is 12.1 Å². The monoisotopic (exact) mass is 321 g/mol. The summed E-state index contributed by atoms with van der Waals surface area (Å²) in [5.74, 6) is 0.281. The molecule has 0 aliphatic rings. The van der Waals surface area contributed by atoms with Gasteiger partial charge in [0.1, 0.15) is 5.75 Å². The summed E-state index contributed by atoms with van der Waals surface area (Å²) in [7, 11) is 0. The molecule has 118 valence electrons. The fourth-order valence-electron chi connectivity index (χ4n) is 3.18. The Kier molecular flexibility index (Phi) is 3.68. The minimum atomic E-state index is 0.281. The smallest absolute Gasteiger partial charge is 0.131 e. The van der Waals surface area contributed by atoms with Crippen LogP contribution in [0.5, 0.6) is 5.75 Å². The van der Waals surface area contributed by atoms with Crippen molar-refractivity contribution < 1.29 is 5.11 Å². The Bertz CT molecular complexity index is 1090. The van der Waals surface area contributed by atoms with Crippen LogP contribution in [0.3, 0.4) is 0 Å². The highest BCUT2D eigenvalue weighted by atomic mass is 16.3. The van der Waals surface area contributed by atoms with E-state index < -0.39 is 0 Å². The van der Waals surface area contributed by atoms with Gasteiger partial charge in [0.25, 0.3) is 0 Å². The number of hydrogen-bond donors (Lipinski definition) is 1. The van der Waals surface area contributed by atoms with E-state index in [4.69, 9.17) is 5.26 Å². The molecule has 0 aliphatic carbocycles. The van der Waals surface area contributed by atoms with E-state index in [1.807, 2.05) is 66.7 Å². The Morgan fingerprint density at radius 2 is 1.40 bits per heavy atom. The molecular formula is C23H15NO. The SMILES string of the molecule is N#Cc1ccc(-c2cc3ccccc3c(O)c2-c2ccccc2)cc1. The summed E-state index contributed by atoms with van der Waals surface area (Å²) >= 11 is 0. The summed E-state index contributed by atoms with van der Waals surface area (Å²) in [4.78, 5) is 0. The predicted octanol–water partition coefficient (Wildman–Crippen LogP) is 5.75. The quantitative estimate of drug-likeness (QED) is 0.511. The number of phenolic OH excluding ortho intramolecular Hbond substituents is 1. The average Bonchev–Trinajstić information content (AvgIpc) is 2.69. The first kappa shape index (κ1) is 15.0. The lowest BCUT2D eigenvalue weighted by Gasteiger charge is -2.15. The van der Waals surface area contributed by atoms with Crippen molar-refractivity contribution in [2.45, 2.75) is 0 Å². The van der Waals surface area contributed by atoms with Gasteiger partial charge in [-0.25, -0.2) is 0 Å². The van der Waals surface area contributed by atoms with Crippen molar-refractivity contribution in [1.82, 2.24) is 0 Å². The summed E-state index contributed by atoms with van der Waals surface area (Å²) < 4.78 is 0. The molecular weight excluding hydrogens is 306 g/mol. The summed E-state index contributed by atoms with van der Waals surface area (Å²) in [5, 5.41) is 21.8. The molecule has 0 amide bonds. The molecule has 4 aromatic rings. The first-order chi connectivity index (χ1) is 12.3. The standard InChI is InChI=1S/C23H15NO/c24-15-16-10-12-17(13-11-16)21-14-19-8-4-5-9-20(19)23(25)22(21)18-6-2-1-3-7-18/h1-14,25H. The Balaban J connectivity index is 2.06. The number of fused-ring (bicyclic) bond motifs is 1. The maximum absolute atomic E-state index is 11.0. The zero-order valence-corrected chi connectivity index (χ0v) is 13.5. The van der Waals surface area contributed by atoms with Gasteiger partial charge < -0.3 is 5.11 Å². The molecule has 1 N–H and O–H groups in total. The van der Waals surface area contributed by atoms with E-state index in [0.717, 1.165) is 33.0 Å². The van der Waals surface area contributed by atoms with Crippen LogP contribution in [0.15, 0.2) is 84.9 Å². The van der Waals surface area contributed by atoms with Gasteiger partial charge in [-0.3, -0.25) is 0 Å². The summed E-state index contributed by atoms with van der Waals surface area (Å²) in [5.41, 5.74) is 4.31. The third-order valence-electron chi connectivity index (χ3n) is 4.41. The molecule has 0 aliphatic heterocycles. The van der Waals surface area contributed by atoms with Crippen LogP contribution < -0.4 is 0 Å². The minimum Gasteiger partial charge on any atom is -0.507 e. The maximum Gasteiger partial charge on any atom is 0.131 e. The molecule has 2 nitrogen and oxygen atoms in total. The lowest BCUT2D eigenvalue weighted by molar-refractivity contribution is 0.484. The molecule has 0 atom stereocenters. The van der Waals surface area contributed by atoms with E-state index in [1.165, 1.54) is 0 Å². The molecule has 4 aromatic carbocycles. The molecule has 4 rings (SSSR count). The Hall–Kier alpha value is -3.57. The van der Waals surface area contributed by atoms with Gasteiger partial charge in [0.15, 0.2) is 0 Å². The van der Waals surface area contributed by atoms with E-state index in [9.17, 15) is 5.11 Å². The number of aromatic hydroxyl groups is 1. The van der Waals surface area contributed by atoms with Gasteiger partial charge in [0.05, 0.1) is 11.6 Å². The second kappa shape index (κ2) is 6.14. The highest BCUT2D eigenvalue weighted by Gasteiger charge is 2.15. The number of nitrogens with zero attached hydrogens (tertiary/aromatic N) is 1. The Morgan fingerprint density at radius 3 is 2.12 bits per heavy atom. The second-order valence-electron chi connectivity index (χ2n) is 5.92. The van der Waals surface area contributed by atoms with Crippen LogP contribution in [-0.4, -0.2) is 5.11 Å². The number of rotatable bonds is 2. The number of benzene rings is 4. The van der Waals surface area contributed by atoms with Gasteiger partial charge in [0.2, 0.25) is 0 Å². The zero-order chi connectivity index (χ0) is 17.2. The number of hydrogen-bond acceptors (Lipinski definition) is 2. The fourth-order valence-corrected chi connectivity index (χ4v) is 3.18. The lowest BCUT2D eigenvalue weighted by Crippen LogP contribution is -1.89. The van der Waals surface area contributed by atoms with Gasteiger partial charge in [-0.05, 0) is 40.3 Å². The van der Waals surface area contributed by atoms with Gasteiger partial charge in [0, 0.05) is 10.9 Å². The second-order valence-corrected chi connectivity index (χ2v) is 5.92. The van der Waals surface area contributed by atoms with E-state index in [2.05, 4.69) is 12.1 Å². The number of phenols is 1. The zero-order valence-electron chi connectivity index (χ0n) is 13.5. The largest absolute Gasteiger partial charge is 0.507 e. The van der Waals surface area contributed by atoms with Crippen molar-refractivity contribution in [2.24, 2.45) is 0 Å². The molecule has 0 fully saturated rings. The molecule has 0 saturated heterocycles. The van der Waals surface area contributed by atoms with Crippen molar-refractivity contribution in [3.63, 3.8) is 0 Å². The number of nitriles is 1. The van der Waals surface area contributed by atoms with E-state index >= 15 is 0 Å². The first-order valence-corrected chi connectivity index (χ1v) is 8.08. The molecule has 25 heavy (non-hydrogen) atoms.